The van der Waals surface area contributed by atoms with Crippen LogP contribution in [-0.4, -0.2) is 0 Å². The minimum Gasteiger partial charge on any atom is -0.380 e. The van der Waals surface area contributed by atoms with Crippen molar-refractivity contribution in [2.75, 3.05) is 5.32 Å². The van der Waals surface area contributed by atoms with E-state index in [1.807, 2.05) is 0 Å². The second kappa shape index (κ2) is 4.79. The Kier molecular flexibility index (Phi) is 3.42. The van der Waals surface area contributed by atoms with Crippen LogP contribution in [0.4, 0.5) is 5.69 Å². The van der Waals surface area contributed by atoms with E-state index in [2.05, 4.69) is 69.0 Å². The monoisotopic (exact) mass is 315 g/mol. The quantitative estimate of drug-likeness (QED) is 0.845. The molecule has 1 heterocycles. The predicted octanol–water partition coefficient (Wildman–Crippen LogP) is 3.96. The second-order valence-corrected chi connectivity index (χ2v) is 5.02. The Hall–Kier alpha value is -0.550. The van der Waals surface area contributed by atoms with Crippen LogP contribution >= 0.6 is 33.9 Å². The van der Waals surface area contributed by atoms with E-state index in [4.69, 9.17) is 0 Å². The maximum atomic E-state index is 3.37. The molecule has 0 atom stereocenters. The zero-order valence-corrected chi connectivity index (χ0v) is 10.5. The zero-order valence-electron chi connectivity index (χ0n) is 7.53. The van der Waals surface area contributed by atoms with Gasteiger partial charge in [0, 0.05) is 21.2 Å². The number of hydrogen-bond donors (Lipinski definition) is 1. The molecule has 72 valence electrons. The van der Waals surface area contributed by atoms with E-state index >= 15 is 0 Å². The van der Waals surface area contributed by atoms with Crippen molar-refractivity contribution in [3.05, 3.63) is 50.2 Å². The highest BCUT2D eigenvalue weighted by atomic mass is 127. The topological polar surface area (TPSA) is 12.0 Å². The van der Waals surface area contributed by atoms with Crippen molar-refractivity contribution in [1.82, 2.24) is 0 Å². The van der Waals surface area contributed by atoms with Crippen LogP contribution in [0.2, 0.25) is 0 Å². The highest BCUT2D eigenvalue weighted by molar-refractivity contribution is 14.1. The van der Waals surface area contributed by atoms with Gasteiger partial charge in [-0.15, -0.1) is 0 Å². The van der Waals surface area contributed by atoms with E-state index in [-0.39, 0.29) is 0 Å². The largest absolute Gasteiger partial charge is 0.380 e. The van der Waals surface area contributed by atoms with Crippen molar-refractivity contribution < 1.29 is 0 Å². The molecule has 1 aromatic heterocycles. The lowest BCUT2D eigenvalue weighted by Crippen LogP contribution is -1.97. The van der Waals surface area contributed by atoms with Crippen LogP contribution in [0.25, 0.3) is 0 Å². The molecular weight excluding hydrogens is 305 g/mol. The Morgan fingerprint density at radius 3 is 2.57 bits per heavy atom. The number of rotatable bonds is 3. The number of benzene rings is 1. The van der Waals surface area contributed by atoms with E-state index in [1.54, 1.807) is 11.3 Å². The maximum Gasteiger partial charge on any atom is 0.0451 e. The lowest BCUT2D eigenvalue weighted by atomic mass is 10.2. The fourth-order valence-corrected chi connectivity index (χ4v) is 2.14. The van der Waals surface area contributed by atoms with Crippen LogP contribution in [-0.2, 0) is 6.54 Å². The van der Waals surface area contributed by atoms with Gasteiger partial charge in [-0.05, 0) is 51.7 Å². The molecule has 1 N–H and O–H groups in total. The van der Waals surface area contributed by atoms with Gasteiger partial charge in [-0.1, -0.05) is 12.1 Å². The highest BCUT2D eigenvalue weighted by Crippen LogP contribution is 2.13. The van der Waals surface area contributed by atoms with E-state index in [0.717, 1.165) is 6.54 Å². The van der Waals surface area contributed by atoms with Gasteiger partial charge in [-0.2, -0.15) is 11.3 Å². The number of thiophene rings is 1. The first-order valence-corrected chi connectivity index (χ1v) is 6.37. The Bertz CT molecular complexity index is 380. The summed E-state index contributed by atoms with van der Waals surface area (Å²) in [7, 11) is 0. The third kappa shape index (κ3) is 2.72. The summed E-state index contributed by atoms with van der Waals surface area (Å²) in [5, 5.41) is 7.57. The third-order valence-electron chi connectivity index (χ3n) is 1.93. The summed E-state index contributed by atoms with van der Waals surface area (Å²) < 4.78 is 1.28. The summed E-state index contributed by atoms with van der Waals surface area (Å²) in [6.45, 7) is 0.896. The molecule has 0 aliphatic heterocycles. The maximum absolute atomic E-state index is 3.37. The van der Waals surface area contributed by atoms with Crippen LogP contribution in [0.15, 0.2) is 41.1 Å². The number of anilines is 1. The fraction of sp³-hybridized carbons (Fsp3) is 0.0909. The molecule has 1 nitrogen and oxygen atoms in total. The molecule has 0 bridgehead atoms. The summed E-state index contributed by atoms with van der Waals surface area (Å²) in [5.41, 5.74) is 2.52. The van der Waals surface area contributed by atoms with Crippen LogP contribution in [0.1, 0.15) is 5.56 Å². The first kappa shape index (κ1) is 9.98. The number of halogens is 1. The van der Waals surface area contributed by atoms with Crippen LogP contribution in [0.3, 0.4) is 0 Å². The molecule has 0 radical (unpaired) electrons. The summed E-state index contributed by atoms with van der Waals surface area (Å²) >= 11 is 4.03. The molecule has 0 aliphatic rings. The zero-order chi connectivity index (χ0) is 9.80. The molecule has 0 spiro atoms. The molecule has 3 heteroatoms. The first-order valence-electron chi connectivity index (χ1n) is 4.35. The molecule has 2 aromatic rings. The van der Waals surface area contributed by atoms with E-state index in [9.17, 15) is 0 Å². The molecule has 2 rings (SSSR count). The second-order valence-electron chi connectivity index (χ2n) is 2.99. The molecule has 0 amide bonds. The van der Waals surface area contributed by atoms with Crippen molar-refractivity contribution in [2.45, 2.75) is 6.54 Å². The first-order chi connectivity index (χ1) is 6.84. The van der Waals surface area contributed by atoms with Gasteiger partial charge in [0.15, 0.2) is 0 Å². The number of hydrogen-bond acceptors (Lipinski definition) is 2. The molecular formula is C11H10INS. The van der Waals surface area contributed by atoms with E-state index < -0.39 is 0 Å². The Morgan fingerprint density at radius 2 is 1.93 bits per heavy atom. The van der Waals surface area contributed by atoms with Crippen LogP contribution in [0, 0.1) is 3.57 Å². The lowest BCUT2D eigenvalue weighted by molar-refractivity contribution is 1.15. The molecule has 0 unspecified atom stereocenters. The van der Waals surface area contributed by atoms with Crippen molar-refractivity contribution in [3.63, 3.8) is 0 Å². The summed E-state index contributed by atoms with van der Waals surface area (Å²) in [4.78, 5) is 0. The van der Waals surface area contributed by atoms with Gasteiger partial charge >= 0.3 is 0 Å². The molecule has 0 fully saturated rings. The van der Waals surface area contributed by atoms with E-state index in [0.29, 0.717) is 0 Å². The number of nitrogens with one attached hydrogen (secondary N) is 1. The summed E-state index contributed by atoms with van der Waals surface area (Å²) in [5.74, 6) is 0. The van der Waals surface area contributed by atoms with Gasteiger partial charge in [0.25, 0.3) is 0 Å². The fourth-order valence-electron chi connectivity index (χ4n) is 1.17. The SMILES string of the molecule is Ic1ccc(CNc2ccsc2)cc1. The van der Waals surface area contributed by atoms with Gasteiger partial charge in [0.1, 0.15) is 0 Å². The Labute approximate surface area is 101 Å². The average Bonchev–Trinajstić information content (AvgIpc) is 2.70. The van der Waals surface area contributed by atoms with Crippen molar-refractivity contribution >= 4 is 39.6 Å². The Balaban J connectivity index is 1.95. The van der Waals surface area contributed by atoms with Gasteiger partial charge in [-0.25, -0.2) is 0 Å². The van der Waals surface area contributed by atoms with Gasteiger partial charge in [0.05, 0.1) is 0 Å². The minimum atomic E-state index is 0.896. The lowest BCUT2D eigenvalue weighted by Gasteiger charge is -2.03. The standard InChI is InChI=1S/C11H10INS/c12-10-3-1-9(2-4-10)7-13-11-5-6-14-8-11/h1-6,8,13H,7H2. The molecule has 14 heavy (non-hydrogen) atoms. The van der Waals surface area contributed by atoms with Crippen molar-refractivity contribution in [1.29, 1.82) is 0 Å². The summed E-state index contributed by atoms with van der Waals surface area (Å²) in [6.07, 6.45) is 0. The van der Waals surface area contributed by atoms with Crippen LogP contribution in [0.5, 0.6) is 0 Å². The predicted molar refractivity (Wildman–Crippen MR) is 70.8 cm³/mol. The molecule has 1 aromatic carbocycles. The van der Waals surface area contributed by atoms with Crippen molar-refractivity contribution in [2.24, 2.45) is 0 Å². The van der Waals surface area contributed by atoms with Crippen molar-refractivity contribution in [3.8, 4) is 0 Å². The third-order valence-corrected chi connectivity index (χ3v) is 3.33. The molecule has 0 aliphatic carbocycles. The summed E-state index contributed by atoms with van der Waals surface area (Å²) in [6, 6.07) is 10.7. The van der Waals surface area contributed by atoms with Gasteiger partial charge in [0.2, 0.25) is 0 Å². The van der Waals surface area contributed by atoms with Crippen LogP contribution < -0.4 is 5.32 Å². The molecule has 0 saturated carbocycles. The average molecular weight is 315 g/mol. The Morgan fingerprint density at radius 1 is 1.14 bits per heavy atom. The highest BCUT2D eigenvalue weighted by Gasteiger charge is 1.93. The van der Waals surface area contributed by atoms with Gasteiger partial charge < -0.3 is 5.32 Å². The van der Waals surface area contributed by atoms with Gasteiger partial charge in [-0.3, -0.25) is 0 Å². The smallest absolute Gasteiger partial charge is 0.0451 e. The normalized spacial score (nSPS) is 10.1. The minimum absolute atomic E-state index is 0.896. The van der Waals surface area contributed by atoms with E-state index in [1.165, 1.54) is 14.8 Å². The molecule has 0 saturated heterocycles.